The molecule has 2 aromatic heterocycles. The molecule has 0 aliphatic rings. The molecule has 0 aromatic carbocycles. The second-order valence-electron chi connectivity index (χ2n) is 4.29. The maximum absolute atomic E-state index is 11.1. The Morgan fingerprint density at radius 2 is 2.11 bits per heavy atom. The van der Waals surface area contributed by atoms with E-state index in [9.17, 15) is 4.79 Å². The number of nitrogens with zero attached hydrogens (tertiary/aromatic N) is 3. The van der Waals surface area contributed by atoms with Crippen LogP contribution in [-0.4, -0.2) is 26.0 Å². The first-order valence-electron chi connectivity index (χ1n) is 5.71. The summed E-state index contributed by atoms with van der Waals surface area (Å²) in [5.74, 6) is -0.605. The van der Waals surface area contributed by atoms with Gasteiger partial charge in [-0.25, -0.2) is 14.8 Å². The van der Waals surface area contributed by atoms with Gasteiger partial charge in [0.15, 0.2) is 5.82 Å². The van der Waals surface area contributed by atoms with Crippen LogP contribution in [-0.2, 0) is 0 Å². The lowest BCUT2D eigenvalue weighted by molar-refractivity contribution is 0.0694. The lowest BCUT2D eigenvalue weighted by Crippen LogP contribution is -2.09. The van der Waals surface area contributed by atoms with Gasteiger partial charge in [0.05, 0.1) is 11.3 Å². The van der Waals surface area contributed by atoms with Gasteiger partial charge in [-0.1, -0.05) is 13.8 Å². The Balaban J connectivity index is 2.59. The van der Waals surface area contributed by atoms with Crippen LogP contribution in [0.5, 0.6) is 0 Å². The summed E-state index contributed by atoms with van der Waals surface area (Å²) in [6.45, 7) is 3.79. The van der Waals surface area contributed by atoms with E-state index in [1.807, 2.05) is 19.9 Å². The molecule has 1 N–H and O–H groups in total. The third-order valence-corrected chi connectivity index (χ3v) is 3.21. The first-order valence-corrected chi connectivity index (χ1v) is 6.51. The van der Waals surface area contributed by atoms with Crippen molar-refractivity contribution in [2.75, 3.05) is 0 Å². The predicted molar refractivity (Wildman–Crippen MR) is 74.0 cm³/mol. The Morgan fingerprint density at radius 1 is 1.37 bits per heavy atom. The van der Waals surface area contributed by atoms with Gasteiger partial charge in [0, 0.05) is 16.9 Å². The maximum Gasteiger partial charge on any atom is 0.339 e. The Hall–Kier alpha value is -1.82. The van der Waals surface area contributed by atoms with Crippen LogP contribution in [0.3, 0.4) is 0 Å². The fourth-order valence-corrected chi connectivity index (χ4v) is 2.10. The van der Waals surface area contributed by atoms with Crippen molar-refractivity contribution < 1.29 is 9.90 Å². The minimum Gasteiger partial charge on any atom is -0.478 e. The van der Waals surface area contributed by atoms with E-state index in [-0.39, 0.29) is 11.5 Å². The average molecular weight is 322 g/mol. The van der Waals surface area contributed by atoms with E-state index < -0.39 is 5.97 Å². The minimum atomic E-state index is -1.02. The molecule has 19 heavy (non-hydrogen) atoms. The van der Waals surface area contributed by atoms with E-state index in [0.717, 1.165) is 4.47 Å². The van der Waals surface area contributed by atoms with Gasteiger partial charge < -0.3 is 5.11 Å². The molecule has 2 rings (SSSR count). The lowest BCUT2D eigenvalue weighted by atomic mass is 10.1. The molecule has 0 aliphatic carbocycles. The van der Waals surface area contributed by atoms with Crippen molar-refractivity contribution in [2.45, 2.75) is 19.8 Å². The Labute approximate surface area is 118 Å². The summed E-state index contributed by atoms with van der Waals surface area (Å²) in [5, 5.41) is 9.13. The van der Waals surface area contributed by atoms with Crippen LogP contribution in [0, 0.1) is 0 Å². The SMILES string of the molecule is CC(C)c1nc(-c2ncccc2Br)ncc1C(=O)O. The highest BCUT2D eigenvalue weighted by Crippen LogP contribution is 2.25. The molecule has 0 atom stereocenters. The van der Waals surface area contributed by atoms with E-state index in [4.69, 9.17) is 5.11 Å². The largest absolute Gasteiger partial charge is 0.478 e. The van der Waals surface area contributed by atoms with Gasteiger partial charge in [-0.15, -0.1) is 0 Å². The first kappa shape index (κ1) is 13.6. The molecule has 6 heteroatoms. The molecule has 0 radical (unpaired) electrons. The molecule has 0 spiro atoms. The zero-order valence-electron chi connectivity index (χ0n) is 10.5. The zero-order chi connectivity index (χ0) is 14.0. The highest BCUT2D eigenvalue weighted by atomic mass is 79.9. The minimum absolute atomic E-state index is 0.00432. The van der Waals surface area contributed by atoms with Crippen LogP contribution in [0.15, 0.2) is 29.0 Å². The molecule has 0 amide bonds. The third kappa shape index (κ3) is 2.78. The second kappa shape index (κ2) is 5.44. The highest BCUT2D eigenvalue weighted by molar-refractivity contribution is 9.10. The number of rotatable bonds is 3. The quantitative estimate of drug-likeness (QED) is 0.939. The molecule has 5 nitrogen and oxygen atoms in total. The number of pyridine rings is 1. The molecule has 2 heterocycles. The highest BCUT2D eigenvalue weighted by Gasteiger charge is 2.18. The topological polar surface area (TPSA) is 76.0 Å². The van der Waals surface area contributed by atoms with Crippen molar-refractivity contribution in [1.29, 1.82) is 0 Å². The van der Waals surface area contributed by atoms with Crippen LogP contribution in [0.2, 0.25) is 0 Å². The normalized spacial score (nSPS) is 10.7. The van der Waals surface area contributed by atoms with Crippen molar-refractivity contribution in [3.05, 3.63) is 40.3 Å². The van der Waals surface area contributed by atoms with Crippen LogP contribution >= 0.6 is 15.9 Å². The molecule has 0 aliphatic heterocycles. The Bertz CT molecular complexity index is 629. The summed E-state index contributed by atoms with van der Waals surface area (Å²) in [4.78, 5) is 23.8. The molecular weight excluding hydrogens is 310 g/mol. The van der Waals surface area contributed by atoms with Crippen LogP contribution in [0.25, 0.3) is 11.5 Å². The number of hydrogen-bond acceptors (Lipinski definition) is 4. The molecule has 0 saturated heterocycles. The van der Waals surface area contributed by atoms with E-state index >= 15 is 0 Å². The van der Waals surface area contributed by atoms with E-state index in [1.54, 1.807) is 12.3 Å². The first-order chi connectivity index (χ1) is 9.00. The van der Waals surface area contributed by atoms with Crippen molar-refractivity contribution in [3.63, 3.8) is 0 Å². The molecule has 0 saturated carbocycles. The summed E-state index contributed by atoms with van der Waals surface area (Å²) < 4.78 is 0.771. The van der Waals surface area contributed by atoms with Crippen molar-refractivity contribution in [3.8, 4) is 11.5 Å². The summed E-state index contributed by atoms with van der Waals surface area (Å²) >= 11 is 3.38. The Morgan fingerprint density at radius 3 is 2.68 bits per heavy atom. The second-order valence-corrected chi connectivity index (χ2v) is 5.14. The monoisotopic (exact) mass is 321 g/mol. The van der Waals surface area contributed by atoms with Crippen molar-refractivity contribution >= 4 is 21.9 Å². The van der Waals surface area contributed by atoms with Gasteiger partial charge in [0.25, 0.3) is 0 Å². The van der Waals surface area contributed by atoms with Gasteiger partial charge in [0.2, 0.25) is 0 Å². The van der Waals surface area contributed by atoms with E-state index in [0.29, 0.717) is 17.2 Å². The molecule has 98 valence electrons. The smallest absolute Gasteiger partial charge is 0.339 e. The molecule has 0 fully saturated rings. The summed E-state index contributed by atoms with van der Waals surface area (Å²) in [5.41, 5.74) is 1.24. The summed E-state index contributed by atoms with van der Waals surface area (Å²) in [6.07, 6.45) is 2.98. The maximum atomic E-state index is 11.1. The molecule has 0 bridgehead atoms. The fraction of sp³-hybridized carbons (Fsp3) is 0.231. The number of carbonyl (C=O) groups is 1. The van der Waals surface area contributed by atoms with Gasteiger partial charge in [-0.05, 0) is 34.0 Å². The van der Waals surface area contributed by atoms with E-state index in [1.165, 1.54) is 6.20 Å². The van der Waals surface area contributed by atoms with Gasteiger partial charge in [0.1, 0.15) is 5.69 Å². The third-order valence-electron chi connectivity index (χ3n) is 2.57. The molecular formula is C13H12BrN3O2. The summed E-state index contributed by atoms with van der Waals surface area (Å²) in [6, 6.07) is 3.63. The van der Waals surface area contributed by atoms with Crippen LogP contribution in [0.4, 0.5) is 0 Å². The number of aromatic nitrogens is 3. The molecule has 0 unspecified atom stereocenters. The lowest BCUT2D eigenvalue weighted by Gasteiger charge is -2.10. The van der Waals surface area contributed by atoms with Gasteiger partial charge in [-0.3, -0.25) is 4.98 Å². The fourth-order valence-electron chi connectivity index (χ4n) is 1.66. The average Bonchev–Trinajstić information content (AvgIpc) is 2.38. The Kier molecular flexibility index (Phi) is 3.90. The van der Waals surface area contributed by atoms with Crippen molar-refractivity contribution in [2.24, 2.45) is 0 Å². The zero-order valence-corrected chi connectivity index (χ0v) is 12.0. The number of carboxylic acids is 1. The predicted octanol–water partition coefficient (Wildman–Crippen LogP) is 3.12. The van der Waals surface area contributed by atoms with Gasteiger partial charge in [-0.2, -0.15) is 0 Å². The number of aromatic carboxylic acids is 1. The standard InChI is InChI=1S/C13H12BrN3O2/c1-7(2)10-8(13(18)19)6-16-12(17-10)11-9(14)4-3-5-15-11/h3-7H,1-2H3,(H,18,19). The number of halogens is 1. The van der Waals surface area contributed by atoms with E-state index in [2.05, 4.69) is 30.9 Å². The van der Waals surface area contributed by atoms with Crippen LogP contribution in [0.1, 0.15) is 35.8 Å². The number of hydrogen-bond donors (Lipinski definition) is 1. The van der Waals surface area contributed by atoms with Crippen molar-refractivity contribution in [1.82, 2.24) is 15.0 Å². The van der Waals surface area contributed by atoms with Crippen LogP contribution < -0.4 is 0 Å². The number of carboxylic acid groups (broad SMARTS) is 1. The van der Waals surface area contributed by atoms with Gasteiger partial charge >= 0.3 is 5.97 Å². The molecule has 2 aromatic rings. The summed E-state index contributed by atoms with van der Waals surface area (Å²) in [7, 11) is 0.